The molecule has 4 heterocycles. The minimum absolute atomic E-state index is 0.156. The lowest BCUT2D eigenvalue weighted by Crippen LogP contribution is -2.30. The summed E-state index contributed by atoms with van der Waals surface area (Å²) in [4.78, 5) is 11.1. The van der Waals surface area contributed by atoms with Gasteiger partial charge in [0.05, 0.1) is 24.0 Å². The first-order valence-corrected chi connectivity index (χ1v) is 10.4. The normalized spacial score (nSPS) is 18.2. The van der Waals surface area contributed by atoms with Gasteiger partial charge in [-0.1, -0.05) is 12.1 Å². The van der Waals surface area contributed by atoms with E-state index in [1.807, 2.05) is 53.6 Å². The van der Waals surface area contributed by atoms with Crippen LogP contribution in [0.3, 0.4) is 0 Å². The summed E-state index contributed by atoms with van der Waals surface area (Å²) in [5.41, 5.74) is 3.76. The Kier molecular flexibility index (Phi) is 5.18. The van der Waals surface area contributed by atoms with Gasteiger partial charge in [0.25, 0.3) is 0 Å². The number of nitrogens with one attached hydrogen (secondary N) is 1. The molecular formula is C24H20FN5S. The summed E-state index contributed by atoms with van der Waals surface area (Å²) in [6.07, 6.45) is 5.63. The molecule has 1 N–H and O–H groups in total. The quantitative estimate of drug-likeness (QED) is 0.468. The molecule has 2 atom stereocenters. The molecule has 7 heteroatoms. The number of hydrogen-bond donors (Lipinski definition) is 1. The Balaban J connectivity index is 1.60. The molecule has 4 aromatic rings. The van der Waals surface area contributed by atoms with Crippen molar-refractivity contribution in [3.8, 4) is 0 Å². The monoisotopic (exact) mass is 429 g/mol. The number of aromatic nitrogens is 3. The number of rotatable bonds is 5. The molecule has 0 amide bonds. The highest BCUT2D eigenvalue weighted by molar-refractivity contribution is 7.80. The minimum atomic E-state index is -0.279. The van der Waals surface area contributed by atoms with E-state index in [0.29, 0.717) is 11.7 Å². The molecule has 0 unspecified atom stereocenters. The molecule has 0 saturated carbocycles. The third-order valence-electron chi connectivity index (χ3n) is 5.43. The standard InChI is InChI=1S/C24H20FN5S/c25-17-9-11-19(12-10-17)30-23(22(28-24(30)31)20-7-2-4-14-27-20)21-8-5-15-29(21)16-18-6-1-3-13-26-18/h1-15,22-23H,16H2,(H,28,31)/t22-,23+/m0/s1. The highest BCUT2D eigenvalue weighted by Crippen LogP contribution is 2.41. The Bertz CT molecular complexity index is 1180. The molecular weight excluding hydrogens is 409 g/mol. The molecule has 154 valence electrons. The Labute approximate surface area is 185 Å². The van der Waals surface area contributed by atoms with Gasteiger partial charge in [-0.15, -0.1) is 0 Å². The average molecular weight is 430 g/mol. The van der Waals surface area contributed by atoms with E-state index in [1.54, 1.807) is 24.5 Å². The van der Waals surface area contributed by atoms with E-state index in [2.05, 4.69) is 25.9 Å². The van der Waals surface area contributed by atoms with Crippen LogP contribution >= 0.6 is 12.2 Å². The van der Waals surface area contributed by atoms with Crippen LogP contribution in [-0.2, 0) is 6.54 Å². The van der Waals surface area contributed by atoms with Gasteiger partial charge in [-0.3, -0.25) is 9.97 Å². The third-order valence-corrected chi connectivity index (χ3v) is 5.74. The summed E-state index contributed by atoms with van der Waals surface area (Å²) in [5, 5.41) is 4.02. The number of benzene rings is 1. The van der Waals surface area contributed by atoms with Gasteiger partial charge in [0.15, 0.2) is 5.11 Å². The van der Waals surface area contributed by atoms with Crippen LogP contribution in [0.1, 0.15) is 29.2 Å². The van der Waals surface area contributed by atoms with E-state index in [9.17, 15) is 4.39 Å². The fourth-order valence-corrected chi connectivity index (χ4v) is 4.39. The predicted octanol–water partition coefficient (Wildman–Crippen LogP) is 4.64. The second-order valence-corrected chi connectivity index (χ2v) is 7.74. The minimum Gasteiger partial charge on any atom is -0.351 e. The fourth-order valence-electron chi connectivity index (χ4n) is 4.04. The summed E-state index contributed by atoms with van der Waals surface area (Å²) < 4.78 is 15.8. The summed E-state index contributed by atoms with van der Waals surface area (Å²) in [5.74, 6) is -0.279. The Hall–Kier alpha value is -3.58. The molecule has 5 nitrogen and oxygen atoms in total. The largest absolute Gasteiger partial charge is 0.351 e. The SMILES string of the molecule is Fc1ccc(N2C(=S)N[C@@H](c3ccccn3)[C@H]2c2cccn2Cc2ccccn2)cc1. The number of anilines is 1. The van der Waals surface area contributed by atoms with Crippen molar-refractivity contribution in [1.29, 1.82) is 0 Å². The van der Waals surface area contributed by atoms with Crippen molar-refractivity contribution in [2.45, 2.75) is 18.6 Å². The van der Waals surface area contributed by atoms with E-state index in [0.717, 1.165) is 22.8 Å². The van der Waals surface area contributed by atoms with Gasteiger partial charge in [0, 0.05) is 30.0 Å². The van der Waals surface area contributed by atoms with Crippen molar-refractivity contribution < 1.29 is 4.39 Å². The number of halogens is 1. The fraction of sp³-hybridized carbons (Fsp3) is 0.125. The summed E-state index contributed by atoms with van der Waals surface area (Å²) >= 11 is 5.73. The molecule has 0 spiro atoms. The first-order valence-electron chi connectivity index (χ1n) is 10.0. The summed E-state index contributed by atoms with van der Waals surface area (Å²) in [6.45, 7) is 0.638. The van der Waals surface area contributed by atoms with Crippen LogP contribution in [0.25, 0.3) is 0 Å². The van der Waals surface area contributed by atoms with Gasteiger partial charge < -0.3 is 14.8 Å². The lowest BCUT2D eigenvalue weighted by Gasteiger charge is -2.29. The van der Waals surface area contributed by atoms with Crippen LogP contribution in [0.2, 0.25) is 0 Å². The van der Waals surface area contributed by atoms with Gasteiger partial charge in [-0.05, 0) is 72.9 Å². The van der Waals surface area contributed by atoms with Crippen molar-refractivity contribution in [1.82, 2.24) is 19.9 Å². The smallest absolute Gasteiger partial charge is 0.174 e. The predicted molar refractivity (Wildman–Crippen MR) is 122 cm³/mol. The van der Waals surface area contributed by atoms with Crippen LogP contribution in [0.4, 0.5) is 10.1 Å². The zero-order valence-electron chi connectivity index (χ0n) is 16.6. The Morgan fingerprint density at radius 3 is 2.39 bits per heavy atom. The lowest BCUT2D eigenvalue weighted by molar-refractivity contribution is 0.532. The van der Waals surface area contributed by atoms with Crippen LogP contribution < -0.4 is 10.2 Å². The summed E-state index contributed by atoms with van der Waals surface area (Å²) in [6, 6.07) is 22.0. The second-order valence-electron chi connectivity index (χ2n) is 7.36. The lowest BCUT2D eigenvalue weighted by atomic mass is 10.0. The zero-order chi connectivity index (χ0) is 21.2. The van der Waals surface area contributed by atoms with Gasteiger partial charge in [-0.2, -0.15) is 0 Å². The number of hydrogen-bond acceptors (Lipinski definition) is 3. The maximum Gasteiger partial charge on any atom is 0.174 e. The first-order chi connectivity index (χ1) is 15.2. The van der Waals surface area contributed by atoms with E-state index in [4.69, 9.17) is 12.2 Å². The van der Waals surface area contributed by atoms with E-state index in [1.165, 1.54) is 12.1 Å². The Morgan fingerprint density at radius 2 is 1.68 bits per heavy atom. The van der Waals surface area contributed by atoms with Crippen LogP contribution in [0, 0.1) is 5.82 Å². The molecule has 0 aliphatic carbocycles. The van der Waals surface area contributed by atoms with Crippen LogP contribution in [-0.4, -0.2) is 19.6 Å². The number of pyridine rings is 2. The first kappa shape index (κ1) is 19.4. The van der Waals surface area contributed by atoms with Crippen molar-refractivity contribution in [3.63, 3.8) is 0 Å². The van der Waals surface area contributed by atoms with Gasteiger partial charge in [0.2, 0.25) is 0 Å². The van der Waals surface area contributed by atoms with Gasteiger partial charge >= 0.3 is 0 Å². The highest BCUT2D eigenvalue weighted by Gasteiger charge is 2.42. The molecule has 5 rings (SSSR count). The van der Waals surface area contributed by atoms with E-state index < -0.39 is 0 Å². The molecule has 1 fully saturated rings. The van der Waals surface area contributed by atoms with Crippen molar-refractivity contribution >= 4 is 23.0 Å². The third kappa shape index (κ3) is 3.80. The van der Waals surface area contributed by atoms with Crippen LogP contribution in [0.15, 0.2) is 91.4 Å². The molecule has 0 bridgehead atoms. The number of nitrogens with zero attached hydrogens (tertiary/aromatic N) is 4. The summed E-state index contributed by atoms with van der Waals surface area (Å²) in [7, 11) is 0. The van der Waals surface area contributed by atoms with E-state index in [-0.39, 0.29) is 17.9 Å². The molecule has 1 aromatic carbocycles. The molecule has 1 aliphatic rings. The van der Waals surface area contributed by atoms with Crippen LogP contribution in [0.5, 0.6) is 0 Å². The van der Waals surface area contributed by atoms with Gasteiger partial charge in [0.1, 0.15) is 11.9 Å². The zero-order valence-corrected chi connectivity index (χ0v) is 17.4. The van der Waals surface area contributed by atoms with Crippen molar-refractivity contribution in [2.75, 3.05) is 4.90 Å². The number of thiocarbonyl (C=S) groups is 1. The maximum absolute atomic E-state index is 13.6. The second kappa shape index (κ2) is 8.28. The highest BCUT2D eigenvalue weighted by atomic mass is 32.1. The van der Waals surface area contributed by atoms with E-state index >= 15 is 0 Å². The molecule has 0 radical (unpaired) electrons. The topological polar surface area (TPSA) is 46.0 Å². The molecule has 31 heavy (non-hydrogen) atoms. The molecule has 1 saturated heterocycles. The molecule has 3 aromatic heterocycles. The average Bonchev–Trinajstić information content (AvgIpc) is 3.39. The Morgan fingerprint density at radius 1 is 0.903 bits per heavy atom. The van der Waals surface area contributed by atoms with Crippen molar-refractivity contribution in [3.05, 3.63) is 114 Å². The maximum atomic E-state index is 13.6. The molecule has 1 aliphatic heterocycles. The van der Waals surface area contributed by atoms with Gasteiger partial charge in [-0.25, -0.2) is 4.39 Å². The van der Waals surface area contributed by atoms with Crippen molar-refractivity contribution in [2.24, 2.45) is 0 Å².